The van der Waals surface area contributed by atoms with Crippen molar-refractivity contribution in [3.63, 3.8) is 0 Å². The predicted octanol–water partition coefficient (Wildman–Crippen LogP) is 1.23. The molecule has 1 aromatic rings. The Bertz CT molecular complexity index is 759. The van der Waals surface area contributed by atoms with Gasteiger partial charge in [-0.15, -0.1) is 0 Å². The maximum absolute atomic E-state index is 13.8. The van der Waals surface area contributed by atoms with E-state index in [0.29, 0.717) is 31.5 Å². The first-order valence-corrected chi connectivity index (χ1v) is 10.3. The fourth-order valence-corrected chi connectivity index (χ4v) is 5.02. The summed E-state index contributed by atoms with van der Waals surface area (Å²) in [6.07, 6.45) is 2.86. The average molecular weight is 387 g/mol. The van der Waals surface area contributed by atoms with Crippen molar-refractivity contribution in [1.82, 2.24) is 14.9 Å². The highest BCUT2D eigenvalue weighted by molar-refractivity contribution is 7.89. The second-order valence-electron chi connectivity index (χ2n) is 6.79. The molecule has 1 atom stereocenters. The second kappa shape index (κ2) is 7.98. The van der Waals surface area contributed by atoms with E-state index in [4.69, 9.17) is 0 Å². The van der Waals surface area contributed by atoms with Crippen LogP contribution < -0.4 is 10.6 Å². The highest BCUT2D eigenvalue weighted by atomic mass is 32.2. The highest BCUT2D eigenvalue weighted by Crippen LogP contribution is 2.26. The van der Waals surface area contributed by atoms with Gasteiger partial charge >= 0.3 is 0 Å². The Kier molecular flexibility index (Phi) is 5.89. The Balaban J connectivity index is 1.57. The van der Waals surface area contributed by atoms with Gasteiger partial charge in [0.05, 0.1) is 0 Å². The summed E-state index contributed by atoms with van der Waals surface area (Å²) in [5, 5.41) is 6.22. The van der Waals surface area contributed by atoms with E-state index in [-0.39, 0.29) is 24.9 Å². The summed E-state index contributed by atoms with van der Waals surface area (Å²) >= 11 is 0. The Labute approximate surface area is 152 Å². The van der Waals surface area contributed by atoms with Crippen molar-refractivity contribution in [3.05, 3.63) is 29.8 Å². The van der Waals surface area contributed by atoms with Crippen LogP contribution in [0.2, 0.25) is 0 Å². The molecule has 9 heteroatoms. The lowest BCUT2D eigenvalue weighted by Gasteiger charge is -2.30. The standard InChI is InChI=1S/C17H23F2N3O3S/c18-13-3-4-15(19)16(10-13)26(24,25)22-8-5-12(6-9-22)17(23)21-11-14-2-1-7-20-14/h3-4,10,12,14,20H,1-2,5-9,11H2,(H,21,23). The van der Waals surface area contributed by atoms with Crippen molar-refractivity contribution in [2.45, 2.75) is 36.6 Å². The normalized spacial score (nSPS) is 22.5. The molecule has 2 heterocycles. The third-order valence-corrected chi connectivity index (χ3v) is 6.93. The molecule has 0 bridgehead atoms. The molecule has 1 aromatic carbocycles. The van der Waals surface area contributed by atoms with E-state index < -0.39 is 26.6 Å². The van der Waals surface area contributed by atoms with Crippen molar-refractivity contribution in [2.75, 3.05) is 26.2 Å². The summed E-state index contributed by atoms with van der Waals surface area (Å²) in [5.41, 5.74) is 0. The molecule has 26 heavy (non-hydrogen) atoms. The van der Waals surface area contributed by atoms with Gasteiger partial charge < -0.3 is 10.6 Å². The van der Waals surface area contributed by atoms with Crippen LogP contribution in [0.1, 0.15) is 25.7 Å². The summed E-state index contributed by atoms with van der Waals surface area (Å²) in [7, 11) is -4.11. The van der Waals surface area contributed by atoms with E-state index in [1.165, 1.54) is 0 Å². The van der Waals surface area contributed by atoms with Gasteiger partial charge in [-0.25, -0.2) is 17.2 Å². The predicted molar refractivity (Wildman–Crippen MR) is 91.9 cm³/mol. The molecule has 1 amide bonds. The molecular weight excluding hydrogens is 364 g/mol. The van der Waals surface area contributed by atoms with E-state index >= 15 is 0 Å². The van der Waals surface area contributed by atoms with Crippen LogP contribution >= 0.6 is 0 Å². The summed E-state index contributed by atoms with van der Waals surface area (Å²) in [5.74, 6) is -2.12. The maximum Gasteiger partial charge on any atom is 0.246 e. The van der Waals surface area contributed by atoms with Gasteiger partial charge in [0.15, 0.2) is 0 Å². The van der Waals surface area contributed by atoms with Gasteiger partial charge in [0.1, 0.15) is 16.5 Å². The molecule has 0 spiro atoms. The van der Waals surface area contributed by atoms with Crippen LogP contribution in [-0.2, 0) is 14.8 Å². The second-order valence-corrected chi connectivity index (χ2v) is 8.70. The first-order chi connectivity index (χ1) is 12.4. The quantitative estimate of drug-likeness (QED) is 0.797. The minimum Gasteiger partial charge on any atom is -0.354 e. The fraction of sp³-hybridized carbons (Fsp3) is 0.588. The SMILES string of the molecule is O=C(NCC1CCCN1)C1CCN(S(=O)(=O)c2cc(F)ccc2F)CC1. The first-order valence-electron chi connectivity index (χ1n) is 8.84. The molecule has 0 radical (unpaired) electrons. The summed E-state index contributed by atoms with van der Waals surface area (Å²) in [4.78, 5) is 11.6. The number of sulfonamides is 1. The summed E-state index contributed by atoms with van der Waals surface area (Å²) in [6, 6.07) is 2.68. The summed E-state index contributed by atoms with van der Waals surface area (Å²) < 4.78 is 53.4. The number of halogens is 2. The molecular formula is C17H23F2N3O3S. The number of carbonyl (C=O) groups is 1. The van der Waals surface area contributed by atoms with Crippen LogP contribution in [0.25, 0.3) is 0 Å². The van der Waals surface area contributed by atoms with E-state index in [0.717, 1.165) is 35.8 Å². The molecule has 2 N–H and O–H groups in total. The number of nitrogens with zero attached hydrogens (tertiary/aromatic N) is 1. The van der Waals surface area contributed by atoms with E-state index in [2.05, 4.69) is 10.6 Å². The van der Waals surface area contributed by atoms with Crippen LogP contribution in [0.3, 0.4) is 0 Å². The van der Waals surface area contributed by atoms with Crippen LogP contribution in [0, 0.1) is 17.6 Å². The smallest absolute Gasteiger partial charge is 0.246 e. The van der Waals surface area contributed by atoms with Crippen LogP contribution in [0.4, 0.5) is 8.78 Å². The number of hydrogen-bond acceptors (Lipinski definition) is 4. The summed E-state index contributed by atoms with van der Waals surface area (Å²) in [6.45, 7) is 1.76. The van der Waals surface area contributed by atoms with Gasteiger partial charge in [-0.1, -0.05) is 0 Å². The molecule has 144 valence electrons. The molecule has 0 saturated carbocycles. The van der Waals surface area contributed by atoms with Gasteiger partial charge in [-0.3, -0.25) is 4.79 Å². The molecule has 1 unspecified atom stereocenters. The minimum atomic E-state index is -4.11. The van der Waals surface area contributed by atoms with Gasteiger partial charge in [0.25, 0.3) is 0 Å². The molecule has 2 saturated heterocycles. The number of nitrogens with one attached hydrogen (secondary N) is 2. The number of benzene rings is 1. The Hall–Kier alpha value is -1.58. The molecule has 6 nitrogen and oxygen atoms in total. The molecule has 2 aliphatic rings. The topological polar surface area (TPSA) is 78.5 Å². The monoisotopic (exact) mass is 387 g/mol. The van der Waals surface area contributed by atoms with E-state index in [1.807, 2.05) is 0 Å². The lowest BCUT2D eigenvalue weighted by Crippen LogP contribution is -2.45. The fourth-order valence-electron chi connectivity index (χ4n) is 3.47. The van der Waals surface area contributed by atoms with E-state index in [9.17, 15) is 22.0 Å². The third-order valence-electron chi connectivity index (χ3n) is 5.02. The van der Waals surface area contributed by atoms with Gasteiger partial charge in [0, 0.05) is 31.6 Å². The largest absolute Gasteiger partial charge is 0.354 e. The van der Waals surface area contributed by atoms with E-state index in [1.54, 1.807) is 0 Å². The average Bonchev–Trinajstić information content (AvgIpc) is 3.15. The molecule has 2 aliphatic heterocycles. The van der Waals surface area contributed by atoms with Gasteiger partial charge in [-0.05, 0) is 50.4 Å². The maximum atomic E-state index is 13.8. The molecule has 0 aromatic heterocycles. The molecule has 3 rings (SSSR count). The minimum absolute atomic E-state index is 0.0762. The lowest BCUT2D eigenvalue weighted by atomic mass is 9.97. The van der Waals surface area contributed by atoms with Crippen LogP contribution in [0.5, 0.6) is 0 Å². The van der Waals surface area contributed by atoms with Crippen molar-refractivity contribution in [2.24, 2.45) is 5.92 Å². The number of hydrogen-bond donors (Lipinski definition) is 2. The van der Waals surface area contributed by atoms with Gasteiger partial charge in [-0.2, -0.15) is 4.31 Å². The Morgan fingerprint density at radius 2 is 1.96 bits per heavy atom. The lowest BCUT2D eigenvalue weighted by molar-refractivity contribution is -0.126. The molecule has 2 fully saturated rings. The zero-order valence-corrected chi connectivity index (χ0v) is 15.2. The first kappa shape index (κ1) is 19.2. The zero-order valence-electron chi connectivity index (χ0n) is 14.4. The number of piperidine rings is 1. The highest BCUT2D eigenvalue weighted by Gasteiger charge is 2.34. The van der Waals surface area contributed by atoms with Crippen LogP contribution in [0.15, 0.2) is 23.1 Å². The Morgan fingerprint density at radius 3 is 2.62 bits per heavy atom. The van der Waals surface area contributed by atoms with Crippen molar-refractivity contribution >= 4 is 15.9 Å². The Morgan fingerprint density at radius 1 is 1.23 bits per heavy atom. The van der Waals surface area contributed by atoms with Crippen LogP contribution in [-0.4, -0.2) is 50.9 Å². The van der Waals surface area contributed by atoms with Crippen molar-refractivity contribution in [3.8, 4) is 0 Å². The van der Waals surface area contributed by atoms with Crippen molar-refractivity contribution in [1.29, 1.82) is 0 Å². The zero-order chi connectivity index (χ0) is 18.7. The molecule has 0 aliphatic carbocycles. The number of amides is 1. The number of rotatable bonds is 5. The number of carbonyl (C=O) groups excluding carboxylic acids is 1. The van der Waals surface area contributed by atoms with Crippen molar-refractivity contribution < 1.29 is 22.0 Å². The third kappa shape index (κ3) is 4.21. The van der Waals surface area contributed by atoms with Gasteiger partial charge in [0.2, 0.25) is 15.9 Å².